The summed E-state index contributed by atoms with van der Waals surface area (Å²) in [6.45, 7) is 4.75. The third-order valence-corrected chi connectivity index (χ3v) is 4.95. The van der Waals surface area contributed by atoms with Crippen molar-refractivity contribution in [1.29, 1.82) is 0 Å². The molecule has 0 heterocycles. The van der Waals surface area contributed by atoms with Gasteiger partial charge in [-0.05, 0) is 38.7 Å². The molecule has 1 amide bonds. The molecule has 25 heavy (non-hydrogen) atoms. The Morgan fingerprint density at radius 2 is 1.76 bits per heavy atom. The molecule has 4 heteroatoms. The summed E-state index contributed by atoms with van der Waals surface area (Å²) in [5.41, 5.74) is 2.42. The van der Waals surface area contributed by atoms with Gasteiger partial charge in [0, 0.05) is 19.0 Å². The van der Waals surface area contributed by atoms with E-state index in [1.807, 2.05) is 11.8 Å². The minimum absolute atomic E-state index is 0.164. The van der Waals surface area contributed by atoms with Crippen LogP contribution in [0, 0.1) is 6.92 Å². The molecule has 1 aromatic carbocycles. The third kappa shape index (κ3) is 6.52. The van der Waals surface area contributed by atoms with Gasteiger partial charge in [-0.2, -0.15) is 0 Å². The summed E-state index contributed by atoms with van der Waals surface area (Å²) in [4.78, 5) is 26.5. The molecule has 2 rings (SSSR count). The predicted octanol–water partition coefficient (Wildman–Crippen LogP) is 4.04. The van der Waals surface area contributed by atoms with Crippen molar-refractivity contribution in [2.24, 2.45) is 0 Å². The Morgan fingerprint density at radius 3 is 2.40 bits per heavy atom. The topological polar surface area (TPSA) is 46.6 Å². The SMILES string of the molecule is CCOC(=O)CCN(C(=O)CCc1ccc(C)cc1)C1CCCCC1. The van der Waals surface area contributed by atoms with Gasteiger partial charge in [0.05, 0.1) is 13.0 Å². The third-order valence-electron chi connectivity index (χ3n) is 4.95. The highest BCUT2D eigenvalue weighted by atomic mass is 16.5. The van der Waals surface area contributed by atoms with Gasteiger partial charge in [-0.15, -0.1) is 0 Å². The highest BCUT2D eigenvalue weighted by Crippen LogP contribution is 2.24. The summed E-state index contributed by atoms with van der Waals surface area (Å²) in [5.74, 6) is -0.0496. The Labute approximate surface area is 151 Å². The van der Waals surface area contributed by atoms with Crippen LogP contribution in [0.2, 0.25) is 0 Å². The molecule has 4 nitrogen and oxygen atoms in total. The lowest BCUT2D eigenvalue weighted by molar-refractivity contribution is -0.144. The number of carbonyl (C=O) groups is 2. The zero-order valence-corrected chi connectivity index (χ0v) is 15.6. The van der Waals surface area contributed by atoms with E-state index in [-0.39, 0.29) is 17.9 Å². The molecule has 0 bridgehead atoms. The first-order valence-electron chi connectivity index (χ1n) is 9.60. The van der Waals surface area contributed by atoms with Crippen LogP contribution in [0.25, 0.3) is 0 Å². The van der Waals surface area contributed by atoms with Gasteiger partial charge in [0.25, 0.3) is 0 Å². The highest BCUT2D eigenvalue weighted by molar-refractivity contribution is 5.78. The standard InChI is InChI=1S/C21H31NO3/c1-3-25-21(24)15-16-22(19-7-5-4-6-8-19)20(23)14-13-18-11-9-17(2)10-12-18/h9-12,19H,3-8,13-16H2,1-2H3. The van der Waals surface area contributed by atoms with Crippen LogP contribution in [-0.2, 0) is 20.7 Å². The van der Waals surface area contributed by atoms with Gasteiger partial charge in [-0.3, -0.25) is 9.59 Å². The summed E-state index contributed by atoms with van der Waals surface area (Å²) in [5, 5.41) is 0. The molecule has 0 spiro atoms. The van der Waals surface area contributed by atoms with E-state index in [9.17, 15) is 9.59 Å². The predicted molar refractivity (Wildman–Crippen MR) is 99.3 cm³/mol. The minimum Gasteiger partial charge on any atom is -0.466 e. The van der Waals surface area contributed by atoms with Crippen molar-refractivity contribution in [3.63, 3.8) is 0 Å². The first-order chi connectivity index (χ1) is 12.1. The molecule has 0 unspecified atom stereocenters. The van der Waals surface area contributed by atoms with Crippen LogP contribution in [0.5, 0.6) is 0 Å². The van der Waals surface area contributed by atoms with Gasteiger partial charge in [0.2, 0.25) is 5.91 Å². The maximum Gasteiger partial charge on any atom is 0.307 e. The average Bonchev–Trinajstić information content (AvgIpc) is 2.62. The van der Waals surface area contributed by atoms with Gasteiger partial charge in [0.1, 0.15) is 0 Å². The van der Waals surface area contributed by atoms with Gasteiger partial charge in [-0.1, -0.05) is 49.1 Å². The van der Waals surface area contributed by atoms with Crippen molar-refractivity contribution in [3.05, 3.63) is 35.4 Å². The first-order valence-corrected chi connectivity index (χ1v) is 9.60. The average molecular weight is 345 g/mol. The number of ether oxygens (including phenoxy) is 1. The number of amides is 1. The summed E-state index contributed by atoms with van der Waals surface area (Å²) in [7, 11) is 0. The zero-order valence-electron chi connectivity index (χ0n) is 15.6. The number of carbonyl (C=O) groups excluding carboxylic acids is 2. The van der Waals surface area contributed by atoms with Crippen molar-refractivity contribution >= 4 is 11.9 Å². The van der Waals surface area contributed by atoms with Crippen LogP contribution in [-0.4, -0.2) is 36.0 Å². The largest absolute Gasteiger partial charge is 0.466 e. The van der Waals surface area contributed by atoms with E-state index in [0.717, 1.165) is 19.3 Å². The number of hydrogen-bond donors (Lipinski definition) is 0. The van der Waals surface area contributed by atoms with Gasteiger partial charge in [-0.25, -0.2) is 0 Å². The second kappa shape index (κ2) is 10.2. The number of nitrogens with zero attached hydrogens (tertiary/aromatic N) is 1. The monoisotopic (exact) mass is 345 g/mol. The molecule has 138 valence electrons. The maximum atomic E-state index is 12.8. The van der Waals surface area contributed by atoms with E-state index in [2.05, 4.69) is 31.2 Å². The summed E-state index contributed by atoms with van der Waals surface area (Å²) >= 11 is 0. The van der Waals surface area contributed by atoms with E-state index in [1.165, 1.54) is 30.4 Å². The molecule has 1 aliphatic rings. The van der Waals surface area contributed by atoms with Gasteiger partial charge < -0.3 is 9.64 Å². The Morgan fingerprint density at radius 1 is 1.08 bits per heavy atom. The first kappa shape index (κ1) is 19.5. The van der Waals surface area contributed by atoms with Crippen LogP contribution in [0.1, 0.15) is 63.0 Å². The highest BCUT2D eigenvalue weighted by Gasteiger charge is 2.25. The molecule has 0 aromatic heterocycles. The Hall–Kier alpha value is -1.84. The van der Waals surface area contributed by atoms with E-state index in [4.69, 9.17) is 4.74 Å². The minimum atomic E-state index is -0.213. The molecule has 0 N–H and O–H groups in total. The Balaban J connectivity index is 1.93. The molecular formula is C21H31NO3. The van der Waals surface area contributed by atoms with Crippen LogP contribution in [0.4, 0.5) is 0 Å². The zero-order chi connectivity index (χ0) is 18.1. The van der Waals surface area contributed by atoms with Crippen molar-refractivity contribution in [1.82, 2.24) is 4.90 Å². The van der Waals surface area contributed by atoms with Gasteiger partial charge in [0.15, 0.2) is 0 Å². The molecular weight excluding hydrogens is 314 g/mol. The van der Waals surface area contributed by atoms with E-state index in [1.54, 1.807) is 0 Å². The molecule has 0 aliphatic heterocycles. The van der Waals surface area contributed by atoms with Crippen LogP contribution < -0.4 is 0 Å². The lowest BCUT2D eigenvalue weighted by Crippen LogP contribution is -2.42. The Kier molecular flexibility index (Phi) is 7.96. The van der Waals surface area contributed by atoms with Crippen molar-refractivity contribution < 1.29 is 14.3 Å². The Bertz CT molecular complexity index is 547. The number of aryl methyl sites for hydroxylation is 2. The van der Waals surface area contributed by atoms with Crippen molar-refractivity contribution in [3.8, 4) is 0 Å². The molecule has 1 saturated carbocycles. The summed E-state index contributed by atoms with van der Waals surface area (Å²) in [6, 6.07) is 8.63. The maximum absolute atomic E-state index is 12.8. The van der Waals surface area contributed by atoms with E-state index < -0.39 is 0 Å². The number of hydrogen-bond acceptors (Lipinski definition) is 3. The second-order valence-corrected chi connectivity index (χ2v) is 6.92. The summed E-state index contributed by atoms with van der Waals surface area (Å²) in [6.07, 6.45) is 7.25. The fourth-order valence-corrected chi connectivity index (χ4v) is 3.50. The van der Waals surface area contributed by atoms with Gasteiger partial charge >= 0.3 is 5.97 Å². The molecule has 0 atom stereocenters. The molecule has 1 aliphatic carbocycles. The van der Waals surface area contributed by atoms with E-state index in [0.29, 0.717) is 26.0 Å². The van der Waals surface area contributed by atoms with Crippen LogP contribution in [0.15, 0.2) is 24.3 Å². The number of esters is 1. The fourth-order valence-electron chi connectivity index (χ4n) is 3.50. The lowest BCUT2D eigenvalue weighted by atomic mass is 9.93. The van der Waals surface area contributed by atoms with E-state index >= 15 is 0 Å². The molecule has 0 saturated heterocycles. The number of benzene rings is 1. The lowest BCUT2D eigenvalue weighted by Gasteiger charge is -2.34. The van der Waals surface area contributed by atoms with Crippen molar-refractivity contribution in [2.45, 2.75) is 71.3 Å². The number of rotatable bonds is 8. The van der Waals surface area contributed by atoms with Crippen LogP contribution >= 0.6 is 0 Å². The molecule has 1 aromatic rings. The second-order valence-electron chi connectivity index (χ2n) is 6.92. The van der Waals surface area contributed by atoms with Crippen LogP contribution in [0.3, 0.4) is 0 Å². The fraction of sp³-hybridized carbons (Fsp3) is 0.619. The quantitative estimate of drug-likeness (QED) is 0.668. The van der Waals surface area contributed by atoms with Crippen molar-refractivity contribution in [2.75, 3.05) is 13.2 Å². The smallest absolute Gasteiger partial charge is 0.307 e. The summed E-state index contributed by atoms with van der Waals surface area (Å²) < 4.78 is 5.02. The molecule has 1 fully saturated rings. The normalized spacial score (nSPS) is 15.0. The molecule has 0 radical (unpaired) electrons.